The highest BCUT2D eigenvalue weighted by Gasteiger charge is 2.40. The molecule has 2 amide bonds. The molecule has 186 valence electrons. The van der Waals surface area contributed by atoms with Crippen molar-refractivity contribution in [1.29, 1.82) is 0 Å². The first-order chi connectivity index (χ1) is 16.8. The number of sulfonamides is 1. The van der Waals surface area contributed by atoms with Crippen LogP contribution in [-0.4, -0.2) is 43.7 Å². The van der Waals surface area contributed by atoms with Gasteiger partial charge < -0.3 is 10.2 Å². The average Bonchev–Trinajstić information content (AvgIpc) is 3.65. The third-order valence-electron chi connectivity index (χ3n) is 7.30. The Morgan fingerprint density at radius 2 is 1.74 bits per heavy atom. The minimum Gasteiger partial charge on any atom is -0.352 e. The van der Waals surface area contributed by atoms with Crippen molar-refractivity contribution in [3.05, 3.63) is 58.6 Å². The Kier molecular flexibility index (Phi) is 6.63. The molecule has 0 aromatic heterocycles. The first-order valence-electron chi connectivity index (χ1n) is 12.2. The number of carbonyl (C=O) groups is 2. The van der Waals surface area contributed by atoms with E-state index in [0.717, 1.165) is 29.7 Å². The number of rotatable bonds is 6. The van der Waals surface area contributed by atoms with Crippen molar-refractivity contribution >= 4 is 39.1 Å². The van der Waals surface area contributed by atoms with Crippen LogP contribution in [0.25, 0.3) is 0 Å². The summed E-state index contributed by atoms with van der Waals surface area (Å²) >= 11 is 6.16. The number of nitrogens with zero attached hydrogens (tertiary/aromatic N) is 2. The SMILES string of the molecule is C[C@@H]1Cc2cc(S(=O)(=O)N3CCC(C(=O)NCc4ccccc4Cl)CC3)ccc2N1C(=O)C1CC1. The second-order valence-electron chi connectivity index (χ2n) is 9.81. The van der Waals surface area contributed by atoms with Gasteiger partial charge in [0.15, 0.2) is 0 Å². The van der Waals surface area contributed by atoms with Gasteiger partial charge in [-0.2, -0.15) is 4.31 Å². The lowest BCUT2D eigenvalue weighted by atomic mass is 9.97. The zero-order valence-corrected chi connectivity index (χ0v) is 21.3. The summed E-state index contributed by atoms with van der Waals surface area (Å²) in [4.78, 5) is 27.4. The van der Waals surface area contributed by atoms with Gasteiger partial charge in [-0.25, -0.2) is 8.42 Å². The van der Waals surface area contributed by atoms with E-state index in [1.807, 2.05) is 30.0 Å². The molecule has 2 aromatic rings. The van der Waals surface area contributed by atoms with Gasteiger partial charge in [0, 0.05) is 48.2 Å². The van der Waals surface area contributed by atoms with Gasteiger partial charge in [-0.15, -0.1) is 0 Å². The quantitative estimate of drug-likeness (QED) is 0.635. The van der Waals surface area contributed by atoms with Gasteiger partial charge in [-0.05, 0) is 74.4 Å². The number of halogens is 1. The molecule has 1 saturated heterocycles. The molecule has 2 aliphatic heterocycles. The van der Waals surface area contributed by atoms with Crippen molar-refractivity contribution in [2.75, 3.05) is 18.0 Å². The number of hydrogen-bond acceptors (Lipinski definition) is 4. The molecule has 9 heteroatoms. The molecular weight excluding hydrogens is 486 g/mol. The zero-order chi connectivity index (χ0) is 24.7. The predicted octanol–water partition coefficient (Wildman–Crippen LogP) is 3.74. The molecule has 0 spiro atoms. The normalized spacial score (nSPS) is 21.1. The standard InChI is InChI=1S/C26H30ClN3O4S/c1-17-14-21-15-22(8-9-24(21)30(17)26(32)19-6-7-19)35(33,34)29-12-10-18(11-13-29)25(31)28-16-20-4-2-3-5-23(20)27/h2-5,8-9,15,17-19H,6-7,10-14,16H2,1H3,(H,28,31)/t17-/m1/s1. The topological polar surface area (TPSA) is 86.8 Å². The molecular formula is C26H30ClN3O4S. The van der Waals surface area contributed by atoms with Crippen LogP contribution in [0.3, 0.4) is 0 Å². The van der Waals surface area contributed by atoms with Gasteiger partial charge in [0.25, 0.3) is 0 Å². The van der Waals surface area contributed by atoms with Gasteiger partial charge in [-0.1, -0.05) is 29.8 Å². The van der Waals surface area contributed by atoms with Crippen molar-refractivity contribution in [3.63, 3.8) is 0 Å². The van der Waals surface area contributed by atoms with E-state index in [4.69, 9.17) is 11.6 Å². The largest absolute Gasteiger partial charge is 0.352 e. The van der Waals surface area contributed by atoms with Crippen molar-refractivity contribution in [2.24, 2.45) is 11.8 Å². The summed E-state index contributed by atoms with van der Waals surface area (Å²) in [5.74, 6) is -0.0302. The molecule has 0 bridgehead atoms. The summed E-state index contributed by atoms with van der Waals surface area (Å²) in [6, 6.07) is 12.5. The predicted molar refractivity (Wildman–Crippen MR) is 135 cm³/mol. The van der Waals surface area contributed by atoms with Crippen LogP contribution in [0.4, 0.5) is 5.69 Å². The number of fused-ring (bicyclic) bond motifs is 1. The highest BCUT2D eigenvalue weighted by Crippen LogP contribution is 2.40. The Morgan fingerprint density at radius 3 is 2.43 bits per heavy atom. The lowest BCUT2D eigenvalue weighted by Gasteiger charge is -2.30. The molecule has 5 rings (SSSR count). The maximum Gasteiger partial charge on any atom is 0.243 e. The molecule has 35 heavy (non-hydrogen) atoms. The van der Waals surface area contributed by atoms with Gasteiger partial charge in [0.2, 0.25) is 21.8 Å². The number of amides is 2. The van der Waals surface area contributed by atoms with Crippen LogP contribution in [0.1, 0.15) is 43.7 Å². The van der Waals surface area contributed by atoms with Crippen molar-refractivity contribution < 1.29 is 18.0 Å². The summed E-state index contributed by atoms with van der Waals surface area (Å²) in [6.07, 6.45) is 3.49. The van der Waals surface area contributed by atoms with E-state index in [1.54, 1.807) is 24.3 Å². The van der Waals surface area contributed by atoms with Crippen LogP contribution in [0.2, 0.25) is 5.02 Å². The van der Waals surface area contributed by atoms with Gasteiger partial charge in [0.05, 0.1) is 4.90 Å². The van der Waals surface area contributed by atoms with Crippen molar-refractivity contribution in [3.8, 4) is 0 Å². The Bertz CT molecular complexity index is 1250. The Balaban J connectivity index is 1.21. The van der Waals surface area contributed by atoms with Crippen LogP contribution in [0, 0.1) is 11.8 Å². The molecule has 2 aromatic carbocycles. The highest BCUT2D eigenvalue weighted by molar-refractivity contribution is 7.89. The lowest BCUT2D eigenvalue weighted by Crippen LogP contribution is -2.42. The lowest BCUT2D eigenvalue weighted by molar-refractivity contribution is -0.126. The second kappa shape index (κ2) is 9.56. The molecule has 0 unspecified atom stereocenters. The molecule has 2 heterocycles. The number of piperidine rings is 1. The third kappa shape index (κ3) is 4.84. The fourth-order valence-corrected chi connectivity index (χ4v) is 6.83. The maximum absolute atomic E-state index is 13.4. The first kappa shape index (κ1) is 24.3. The van der Waals surface area contributed by atoms with Gasteiger partial charge in [-0.3, -0.25) is 9.59 Å². The zero-order valence-electron chi connectivity index (χ0n) is 19.7. The number of carbonyl (C=O) groups excluding carboxylic acids is 2. The number of hydrogen-bond donors (Lipinski definition) is 1. The summed E-state index contributed by atoms with van der Waals surface area (Å²) in [5, 5.41) is 3.54. The minimum atomic E-state index is -3.67. The van der Waals surface area contributed by atoms with Crippen LogP contribution in [-0.2, 0) is 32.6 Å². The summed E-state index contributed by atoms with van der Waals surface area (Å²) in [6.45, 7) is 2.96. The van der Waals surface area contributed by atoms with E-state index >= 15 is 0 Å². The summed E-state index contributed by atoms with van der Waals surface area (Å²) < 4.78 is 28.2. The molecule has 1 atom stereocenters. The summed E-state index contributed by atoms with van der Waals surface area (Å²) in [7, 11) is -3.67. The maximum atomic E-state index is 13.4. The second-order valence-corrected chi connectivity index (χ2v) is 12.2. The van der Waals surface area contributed by atoms with E-state index in [9.17, 15) is 18.0 Å². The number of nitrogens with one attached hydrogen (secondary N) is 1. The molecule has 3 aliphatic rings. The average molecular weight is 516 g/mol. The first-order valence-corrected chi connectivity index (χ1v) is 14.0. The molecule has 0 radical (unpaired) electrons. The van der Waals surface area contributed by atoms with Crippen LogP contribution < -0.4 is 10.2 Å². The third-order valence-corrected chi connectivity index (χ3v) is 9.57. The Morgan fingerprint density at radius 1 is 1.03 bits per heavy atom. The molecule has 1 aliphatic carbocycles. The molecule has 2 fully saturated rings. The van der Waals surface area contributed by atoms with E-state index in [2.05, 4.69) is 5.32 Å². The van der Waals surface area contributed by atoms with E-state index in [1.165, 1.54) is 4.31 Å². The van der Waals surface area contributed by atoms with Crippen LogP contribution >= 0.6 is 11.6 Å². The highest BCUT2D eigenvalue weighted by atomic mass is 35.5. The smallest absolute Gasteiger partial charge is 0.243 e. The minimum absolute atomic E-state index is 0.0380. The van der Waals surface area contributed by atoms with Crippen molar-refractivity contribution in [1.82, 2.24) is 9.62 Å². The number of benzene rings is 2. The fourth-order valence-electron chi connectivity index (χ4n) is 5.11. The van der Waals surface area contributed by atoms with E-state index in [0.29, 0.717) is 43.9 Å². The summed E-state index contributed by atoms with van der Waals surface area (Å²) in [5.41, 5.74) is 2.59. The Labute approximate surface area is 211 Å². The molecule has 1 saturated carbocycles. The van der Waals surface area contributed by atoms with Gasteiger partial charge in [0.1, 0.15) is 0 Å². The van der Waals surface area contributed by atoms with E-state index in [-0.39, 0.29) is 34.6 Å². The van der Waals surface area contributed by atoms with Crippen molar-refractivity contribution in [2.45, 2.75) is 56.5 Å². The van der Waals surface area contributed by atoms with E-state index < -0.39 is 10.0 Å². The van der Waals surface area contributed by atoms with Gasteiger partial charge >= 0.3 is 0 Å². The number of anilines is 1. The molecule has 7 nitrogen and oxygen atoms in total. The fraction of sp³-hybridized carbons (Fsp3) is 0.462. The monoisotopic (exact) mass is 515 g/mol. The molecule has 1 N–H and O–H groups in total. The Hall–Kier alpha value is -2.42. The van der Waals surface area contributed by atoms with Crippen LogP contribution in [0.5, 0.6) is 0 Å². The van der Waals surface area contributed by atoms with Crippen LogP contribution in [0.15, 0.2) is 47.4 Å².